The summed E-state index contributed by atoms with van der Waals surface area (Å²) in [6, 6.07) is 16.8. The van der Waals surface area contributed by atoms with Crippen LogP contribution in [0, 0.1) is 0 Å². The third-order valence-electron chi connectivity index (χ3n) is 3.21. The van der Waals surface area contributed by atoms with Gasteiger partial charge in [0.05, 0.1) is 5.69 Å². The van der Waals surface area contributed by atoms with Crippen LogP contribution in [-0.4, -0.2) is 16.7 Å². The normalized spacial score (nSPS) is 10.8. The molecule has 0 unspecified atom stereocenters. The Morgan fingerprint density at radius 3 is 2.84 bits per heavy atom. The van der Waals surface area contributed by atoms with Gasteiger partial charge in [-0.15, -0.1) is 0 Å². The lowest BCUT2D eigenvalue weighted by molar-refractivity contribution is 0.961. The molecule has 0 spiro atoms. The maximum absolute atomic E-state index is 4.30. The largest absolute Gasteiger partial charge is 0.369 e. The molecule has 0 atom stereocenters. The summed E-state index contributed by atoms with van der Waals surface area (Å²) in [4.78, 5) is 0. The zero-order valence-corrected chi connectivity index (χ0v) is 11.0. The number of nitrogens with one attached hydrogen (secondary N) is 2. The molecule has 3 aromatic rings. The maximum Gasteiger partial charge on any atom is 0.148 e. The van der Waals surface area contributed by atoms with Crippen molar-refractivity contribution in [1.82, 2.24) is 10.2 Å². The first-order valence-electron chi connectivity index (χ1n) is 6.66. The topological polar surface area (TPSA) is 40.7 Å². The molecule has 1 aromatic heterocycles. The molecule has 0 fully saturated rings. The van der Waals surface area contributed by atoms with Crippen LogP contribution in [0.2, 0.25) is 0 Å². The molecule has 1 heterocycles. The molecule has 0 aliphatic heterocycles. The third kappa shape index (κ3) is 2.32. The third-order valence-corrected chi connectivity index (χ3v) is 3.21. The number of H-pyrrole nitrogens is 1. The predicted octanol–water partition coefficient (Wildman–Crippen LogP) is 4.05. The van der Waals surface area contributed by atoms with Gasteiger partial charge >= 0.3 is 0 Å². The number of anilines is 1. The molecule has 0 amide bonds. The molecule has 96 valence electrons. The first-order valence-corrected chi connectivity index (χ1v) is 6.66. The molecule has 2 aromatic carbocycles. The van der Waals surface area contributed by atoms with E-state index in [1.54, 1.807) is 0 Å². The lowest BCUT2D eigenvalue weighted by Crippen LogP contribution is -1.99. The summed E-state index contributed by atoms with van der Waals surface area (Å²) >= 11 is 0. The fourth-order valence-electron chi connectivity index (χ4n) is 2.26. The number of hydrogen-bond acceptors (Lipinski definition) is 2. The van der Waals surface area contributed by atoms with E-state index < -0.39 is 0 Å². The Kier molecular flexibility index (Phi) is 3.19. The molecular weight excluding hydrogens is 234 g/mol. The molecule has 0 aliphatic carbocycles. The number of nitrogens with zero attached hydrogens (tertiary/aromatic N) is 1. The summed E-state index contributed by atoms with van der Waals surface area (Å²) in [5.41, 5.74) is 2.24. The Bertz CT molecular complexity index is 680. The monoisotopic (exact) mass is 251 g/mol. The standard InChI is InChI=1S/C16H17N3/c1-2-10-17-16-11-15(18-19-16)14-9-5-7-12-6-3-4-8-13(12)14/h3-9,11H,2,10H2,1H3,(H2,17,18,19). The summed E-state index contributed by atoms with van der Waals surface area (Å²) in [6.45, 7) is 3.09. The van der Waals surface area contributed by atoms with Gasteiger partial charge in [-0.25, -0.2) is 0 Å². The Labute approximate surface area is 112 Å². The smallest absolute Gasteiger partial charge is 0.148 e. The maximum atomic E-state index is 4.30. The highest BCUT2D eigenvalue weighted by Gasteiger charge is 2.06. The van der Waals surface area contributed by atoms with E-state index in [1.165, 1.54) is 16.3 Å². The van der Waals surface area contributed by atoms with E-state index in [1.807, 2.05) is 0 Å². The number of rotatable bonds is 4. The lowest BCUT2D eigenvalue weighted by atomic mass is 10.0. The van der Waals surface area contributed by atoms with Gasteiger partial charge in [0.2, 0.25) is 0 Å². The first-order chi connectivity index (χ1) is 9.38. The highest BCUT2D eigenvalue weighted by atomic mass is 15.2. The van der Waals surface area contributed by atoms with Gasteiger partial charge in [0.25, 0.3) is 0 Å². The second-order valence-corrected chi connectivity index (χ2v) is 4.62. The second kappa shape index (κ2) is 5.14. The average Bonchev–Trinajstić information content (AvgIpc) is 2.93. The predicted molar refractivity (Wildman–Crippen MR) is 80.3 cm³/mol. The Hall–Kier alpha value is -2.29. The summed E-state index contributed by atoms with van der Waals surface area (Å²) in [5.74, 6) is 0.907. The zero-order valence-electron chi connectivity index (χ0n) is 11.0. The Morgan fingerprint density at radius 1 is 1.11 bits per heavy atom. The molecule has 3 nitrogen and oxygen atoms in total. The van der Waals surface area contributed by atoms with E-state index in [-0.39, 0.29) is 0 Å². The van der Waals surface area contributed by atoms with Crippen molar-refractivity contribution in [2.24, 2.45) is 0 Å². The summed E-state index contributed by atoms with van der Waals surface area (Å²) in [5, 5.41) is 13.2. The van der Waals surface area contributed by atoms with Crippen LogP contribution in [0.3, 0.4) is 0 Å². The average molecular weight is 251 g/mol. The Balaban J connectivity index is 2.02. The number of hydrogen-bond donors (Lipinski definition) is 2. The van der Waals surface area contributed by atoms with Crippen LogP contribution in [0.4, 0.5) is 5.82 Å². The first kappa shape index (κ1) is 11.8. The molecule has 0 aliphatic rings. The van der Waals surface area contributed by atoms with Gasteiger partial charge in [-0.3, -0.25) is 5.10 Å². The van der Waals surface area contributed by atoms with Crippen LogP contribution >= 0.6 is 0 Å². The summed E-state index contributed by atoms with van der Waals surface area (Å²) in [7, 11) is 0. The molecule has 0 radical (unpaired) electrons. The molecule has 0 saturated carbocycles. The van der Waals surface area contributed by atoms with E-state index in [2.05, 4.69) is 71.0 Å². The van der Waals surface area contributed by atoms with Crippen molar-refractivity contribution < 1.29 is 0 Å². The van der Waals surface area contributed by atoms with Crippen molar-refractivity contribution in [3.63, 3.8) is 0 Å². The number of benzene rings is 2. The summed E-state index contributed by atoms with van der Waals surface area (Å²) < 4.78 is 0. The lowest BCUT2D eigenvalue weighted by Gasteiger charge is -2.03. The molecular formula is C16H17N3. The van der Waals surface area contributed by atoms with Gasteiger partial charge in [0.1, 0.15) is 5.82 Å². The van der Waals surface area contributed by atoms with Crippen LogP contribution in [0.25, 0.3) is 22.0 Å². The minimum Gasteiger partial charge on any atom is -0.369 e. The van der Waals surface area contributed by atoms with Crippen molar-refractivity contribution >= 4 is 16.6 Å². The van der Waals surface area contributed by atoms with Gasteiger partial charge < -0.3 is 5.32 Å². The molecule has 0 saturated heterocycles. The van der Waals surface area contributed by atoms with Gasteiger partial charge in [-0.05, 0) is 17.2 Å². The fraction of sp³-hybridized carbons (Fsp3) is 0.188. The van der Waals surface area contributed by atoms with Crippen molar-refractivity contribution in [3.8, 4) is 11.3 Å². The van der Waals surface area contributed by atoms with Gasteiger partial charge in [-0.1, -0.05) is 49.4 Å². The van der Waals surface area contributed by atoms with E-state index in [4.69, 9.17) is 0 Å². The minimum absolute atomic E-state index is 0.907. The molecule has 2 N–H and O–H groups in total. The zero-order chi connectivity index (χ0) is 13.1. The minimum atomic E-state index is 0.907. The van der Waals surface area contributed by atoms with Crippen molar-refractivity contribution in [2.45, 2.75) is 13.3 Å². The molecule has 3 rings (SSSR count). The quantitative estimate of drug-likeness (QED) is 0.734. The fourth-order valence-corrected chi connectivity index (χ4v) is 2.26. The second-order valence-electron chi connectivity index (χ2n) is 4.62. The number of aromatic nitrogens is 2. The molecule has 19 heavy (non-hydrogen) atoms. The molecule has 3 heteroatoms. The van der Waals surface area contributed by atoms with Crippen LogP contribution in [0.1, 0.15) is 13.3 Å². The van der Waals surface area contributed by atoms with Crippen molar-refractivity contribution in [3.05, 3.63) is 48.5 Å². The van der Waals surface area contributed by atoms with E-state index in [9.17, 15) is 0 Å². The van der Waals surface area contributed by atoms with Gasteiger partial charge in [0.15, 0.2) is 0 Å². The van der Waals surface area contributed by atoms with Gasteiger partial charge in [0, 0.05) is 18.2 Å². The van der Waals surface area contributed by atoms with Crippen molar-refractivity contribution in [1.29, 1.82) is 0 Å². The summed E-state index contributed by atoms with van der Waals surface area (Å²) in [6.07, 6.45) is 1.09. The number of fused-ring (bicyclic) bond motifs is 1. The van der Waals surface area contributed by atoms with Crippen molar-refractivity contribution in [2.75, 3.05) is 11.9 Å². The highest BCUT2D eigenvalue weighted by molar-refractivity contribution is 5.96. The van der Waals surface area contributed by atoms with Crippen LogP contribution < -0.4 is 5.32 Å². The highest BCUT2D eigenvalue weighted by Crippen LogP contribution is 2.28. The van der Waals surface area contributed by atoms with E-state index in [0.29, 0.717) is 0 Å². The van der Waals surface area contributed by atoms with Crippen LogP contribution in [0.5, 0.6) is 0 Å². The number of aromatic amines is 1. The van der Waals surface area contributed by atoms with E-state index in [0.717, 1.165) is 24.5 Å². The van der Waals surface area contributed by atoms with Crippen LogP contribution in [-0.2, 0) is 0 Å². The van der Waals surface area contributed by atoms with E-state index >= 15 is 0 Å². The molecule has 0 bridgehead atoms. The SMILES string of the molecule is CCCNc1cc(-c2cccc3ccccc23)[nH]n1. The van der Waals surface area contributed by atoms with Gasteiger partial charge in [-0.2, -0.15) is 5.10 Å². The van der Waals surface area contributed by atoms with Crippen LogP contribution in [0.15, 0.2) is 48.5 Å². The Morgan fingerprint density at radius 2 is 1.95 bits per heavy atom.